The monoisotopic (exact) mass is 587 g/mol. The van der Waals surface area contributed by atoms with E-state index in [0.29, 0.717) is 30.0 Å². The van der Waals surface area contributed by atoms with Crippen LogP contribution < -0.4 is 20.8 Å². The molecule has 0 spiro atoms. The van der Waals surface area contributed by atoms with Gasteiger partial charge in [0.15, 0.2) is 17.3 Å². The minimum Gasteiger partial charge on any atom is -0.450 e. The summed E-state index contributed by atoms with van der Waals surface area (Å²) < 4.78 is 29.5. The van der Waals surface area contributed by atoms with Gasteiger partial charge in [-0.2, -0.15) is 0 Å². The Bertz CT molecular complexity index is 1710. The Labute approximate surface area is 250 Å². The average molecular weight is 588 g/mol. The van der Waals surface area contributed by atoms with Crippen molar-refractivity contribution in [2.45, 2.75) is 19.3 Å². The number of carbonyl (C=O) groups is 1. The molecular formula is C33H38FN5O4. The van der Waals surface area contributed by atoms with E-state index < -0.39 is 17.2 Å². The maximum atomic E-state index is 15.8. The normalized spacial score (nSPS) is 14.6. The number of rotatable bonds is 11. The zero-order chi connectivity index (χ0) is 29.9. The van der Waals surface area contributed by atoms with E-state index in [-0.39, 0.29) is 22.4 Å². The number of benzene rings is 3. The molecule has 0 bridgehead atoms. The molecule has 4 aromatic rings. The van der Waals surface area contributed by atoms with Gasteiger partial charge in [-0.3, -0.25) is 14.5 Å². The van der Waals surface area contributed by atoms with Crippen molar-refractivity contribution in [2.24, 2.45) is 0 Å². The highest BCUT2D eigenvalue weighted by atomic mass is 19.1. The number of fused-ring (bicyclic) bond motifs is 4. The van der Waals surface area contributed by atoms with Gasteiger partial charge in [0, 0.05) is 37.8 Å². The number of carbonyl (C=O) groups excluding carboxylic acids is 1. The molecule has 0 saturated carbocycles. The third-order valence-corrected chi connectivity index (χ3v) is 8.14. The van der Waals surface area contributed by atoms with E-state index in [4.69, 9.17) is 9.47 Å². The molecule has 226 valence electrons. The van der Waals surface area contributed by atoms with Gasteiger partial charge in [0.25, 0.3) is 5.91 Å². The first-order valence-electron chi connectivity index (χ1n) is 15.0. The van der Waals surface area contributed by atoms with Crippen molar-refractivity contribution in [2.75, 3.05) is 71.9 Å². The van der Waals surface area contributed by atoms with Crippen LogP contribution in [0.5, 0.6) is 11.5 Å². The van der Waals surface area contributed by atoms with Gasteiger partial charge in [-0.1, -0.05) is 30.3 Å². The smallest absolute Gasteiger partial charge is 0.256 e. The number of nitrogens with one attached hydrogen (secondary N) is 2. The zero-order valence-electron chi connectivity index (χ0n) is 24.7. The summed E-state index contributed by atoms with van der Waals surface area (Å²) in [6, 6.07) is 12.9. The molecule has 10 heteroatoms. The van der Waals surface area contributed by atoms with Crippen LogP contribution in [0.2, 0.25) is 0 Å². The second kappa shape index (κ2) is 12.7. The molecule has 0 atom stereocenters. The Hall–Kier alpha value is -3.99. The maximum Gasteiger partial charge on any atom is 0.256 e. The predicted octanol–water partition coefficient (Wildman–Crippen LogP) is 4.59. The van der Waals surface area contributed by atoms with Crippen LogP contribution in [0.1, 0.15) is 29.6 Å². The van der Waals surface area contributed by atoms with Crippen molar-refractivity contribution in [3.8, 4) is 17.2 Å². The van der Waals surface area contributed by atoms with Gasteiger partial charge in [-0.15, -0.1) is 0 Å². The van der Waals surface area contributed by atoms with Crippen LogP contribution in [0.15, 0.2) is 53.5 Å². The van der Waals surface area contributed by atoms with Crippen molar-refractivity contribution >= 4 is 33.3 Å². The summed E-state index contributed by atoms with van der Waals surface area (Å²) in [5, 5.41) is 8.06. The number of unbranched alkanes of at least 4 members (excludes halogenated alkanes) is 1. The lowest BCUT2D eigenvalue weighted by atomic mass is 10.0. The molecule has 2 N–H and O–H groups in total. The molecule has 0 radical (unpaired) electrons. The van der Waals surface area contributed by atoms with Crippen LogP contribution in [0.3, 0.4) is 0 Å². The van der Waals surface area contributed by atoms with Crippen LogP contribution in [-0.2, 0) is 4.74 Å². The molecule has 1 aromatic heterocycles. The first kappa shape index (κ1) is 29.1. The van der Waals surface area contributed by atoms with Crippen molar-refractivity contribution in [3.05, 3.63) is 70.3 Å². The van der Waals surface area contributed by atoms with Crippen LogP contribution in [0.25, 0.3) is 27.4 Å². The third kappa shape index (κ3) is 5.95. The number of hydrogen-bond donors (Lipinski definition) is 2. The second-order valence-corrected chi connectivity index (χ2v) is 11.4. The molecule has 1 saturated heterocycles. The van der Waals surface area contributed by atoms with E-state index in [9.17, 15) is 9.59 Å². The highest BCUT2D eigenvalue weighted by Gasteiger charge is 2.29. The largest absolute Gasteiger partial charge is 0.450 e. The number of aromatic nitrogens is 1. The molecule has 1 amide bonds. The molecule has 1 fully saturated rings. The molecule has 2 aliphatic rings. The molecule has 3 aromatic carbocycles. The number of halogens is 1. The van der Waals surface area contributed by atoms with Crippen LogP contribution >= 0.6 is 0 Å². The van der Waals surface area contributed by atoms with E-state index in [1.165, 1.54) is 6.07 Å². The van der Waals surface area contributed by atoms with Crippen molar-refractivity contribution in [3.63, 3.8) is 0 Å². The Morgan fingerprint density at radius 1 is 1.00 bits per heavy atom. The van der Waals surface area contributed by atoms with Gasteiger partial charge in [0.1, 0.15) is 16.8 Å². The van der Waals surface area contributed by atoms with Gasteiger partial charge < -0.3 is 29.6 Å². The molecule has 43 heavy (non-hydrogen) atoms. The van der Waals surface area contributed by atoms with E-state index in [2.05, 4.69) is 20.4 Å². The summed E-state index contributed by atoms with van der Waals surface area (Å²) in [5.41, 5.74) is 0.774. The first-order valence-corrected chi connectivity index (χ1v) is 15.0. The fraction of sp³-hybridized carbons (Fsp3) is 0.394. The molecule has 0 aliphatic carbocycles. The van der Waals surface area contributed by atoms with Gasteiger partial charge in [0.05, 0.1) is 24.3 Å². The molecule has 2 aliphatic heterocycles. The highest BCUT2D eigenvalue weighted by Crippen LogP contribution is 2.47. The lowest BCUT2D eigenvalue weighted by Crippen LogP contribution is -2.38. The fourth-order valence-corrected chi connectivity index (χ4v) is 5.86. The molecule has 9 nitrogen and oxygen atoms in total. The number of nitrogens with zero attached hydrogens (tertiary/aromatic N) is 3. The first-order chi connectivity index (χ1) is 20.9. The molecule has 6 rings (SSSR count). The number of ether oxygens (including phenoxy) is 2. The minimum atomic E-state index is -0.592. The van der Waals surface area contributed by atoms with Crippen LogP contribution in [0, 0.1) is 5.82 Å². The third-order valence-electron chi connectivity index (χ3n) is 8.14. The topological polar surface area (TPSA) is 88.1 Å². The lowest BCUT2D eigenvalue weighted by molar-refractivity contribution is 0.0374. The molecule has 3 heterocycles. The maximum absolute atomic E-state index is 15.8. The second-order valence-electron chi connectivity index (χ2n) is 11.4. The standard InChI is InChI=1S/C33H38FN5O4/c1-37(2)14-6-5-12-35-28-26(34)20-24-29-32(28)43-31-23-9-4-3-8-22(23)10-11-27(31)39(29)21-25(30(24)40)33(41)36-13-7-15-38-16-18-42-19-17-38/h3-4,8-11,20-21,35H,5-7,12-19H2,1-2H3,(H,36,41). The summed E-state index contributed by atoms with van der Waals surface area (Å²) >= 11 is 0. The number of hydrogen-bond acceptors (Lipinski definition) is 7. The lowest BCUT2D eigenvalue weighted by Gasteiger charge is -2.27. The van der Waals surface area contributed by atoms with E-state index in [0.717, 1.165) is 69.4 Å². The molecular weight excluding hydrogens is 549 g/mol. The summed E-state index contributed by atoms with van der Waals surface area (Å²) in [6.45, 7) is 5.93. The summed E-state index contributed by atoms with van der Waals surface area (Å²) in [4.78, 5) is 31.5. The van der Waals surface area contributed by atoms with Gasteiger partial charge >= 0.3 is 0 Å². The Morgan fingerprint density at radius 3 is 2.63 bits per heavy atom. The quantitative estimate of drug-likeness (QED) is 0.219. The predicted molar refractivity (Wildman–Crippen MR) is 168 cm³/mol. The Balaban J connectivity index is 1.36. The Kier molecular flexibility index (Phi) is 8.60. The SMILES string of the molecule is CN(C)CCCCNc1c(F)cc2c(=O)c(C(=O)NCCCN3CCOCC3)cn3c2c1Oc1c-3ccc2ccccc12. The van der Waals surface area contributed by atoms with Crippen LogP contribution in [0.4, 0.5) is 10.1 Å². The van der Waals surface area contributed by atoms with E-state index in [1.54, 1.807) is 10.8 Å². The van der Waals surface area contributed by atoms with Crippen molar-refractivity contribution in [1.82, 2.24) is 19.7 Å². The summed E-state index contributed by atoms with van der Waals surface area (Å²) in [6.07, 6.45) is 4.11. The average Bonchev–Trinajstić information content (AvgIpc) is 3.01. The van der Waals surface area contributed by atoms with Gasteiger partial charge in [-0.05, 0) is 64.0 Å². The number of morpholine rings is 1. The molecule has 0 unspecified atom stereocenters. The highest BCUT2D eigenvalue weighted by molar-refractivity contribution is 6.03. The fourth-order valence-electron chi connectivity index (χ4n) is 5.86. The number of pyridine rings is 1. The number of anilines is 1. The van der Waals surface area contributed by atoms with Crippen molar-refractivity contribution < 1.29 is 18.7 Å². The summed E-state index contributed by atoms with van der Waals surface area (Å²) in [5.74, 6) is -0.267. The number of amides is 1. The minimum absolute atomic E-state index is 0.0328. The van der Waals surface area contributed by atoms with E-state index >= 15 is 4.39 Å². The van der Waals surface area contributed by atoms with Crippen molar-refractivity contribution in [1.29, 1.82) is 0 Å². The van der Waals surface area contributed by atoms with Gasteiger partial charge in [0.2, 0.25) is 5.43 Å². The summed E-state index contributed by atoms with van der Waals surface area (Å²) in [7, 11) is 4.05. The van der Waals surface area contributed by atoms with E-state index in [1.807, 2.05) is 50.5 Å². The van der Waals surface area contributed by atoms with Gasteiger partial charge in [-0.25, -0.2) is 4.39 Å². The Morgan fingerprint density at radius 2 is 1.81 bits per heavy atom. The zero-order valence-corrected chi connectivity index (χ0v) is 24.7. The van der Waals surface area contributed by atoms with Crippen LogP contribution in [-0.4, -0.2) is 86.9 Å².